The average Bonchev–Trinajstić information content (AvgIpc) is 2.87. The summed E-state index contributed by atoms with van der Waals surface area (Å²) in [7, 11) is 0. The van der Waals surface area contributed by atoms with Crippen molar-refractivity contribution in [1.82, 2.24) is 15.3 Å². The summed E-state index contributed by atoms with van der Waals surface area (Å²) in [5, 5.41) is 3.52. The topological polar surface area (TPSA) is 41.1 Å². The maximum Gasteiger partial charge on any atom is 0.135 e. The molecule has 0 aliphatic carbocycles. The Hall–Kier alpha value is -1.94. The summed E-state index contributed by atoms with van der Waals surface area (Å²) in [6.07, 6.45) is 5.48. The number of aromatic nitrogens is 2. The molecule has 0 amide bonds. The molecule has 4 rings (SSSR count). The number of nitrogens with zero attached hydrogens (tertiary/aromatic N) is 3. The Morgan fingerprint density at radius 2 is 1.96 bits per heavy atom. The van der Waals surface area contributed by atoms with Crippen molar-refractivity contribution in [2.45, 2.75) is 39.0 Å². The number of hydrogen-bond donors (Lipinski definition) is 1. The van der Waals surface area contributed by atoms with Crippen molar-refractivity contribution in [3.63, 3.8) is 0 Å². The van der Waals surface area contributed by atoms with Gasteiger partial charge in [-0.05, 0) is 37.3 Å². The van der Waals surface area contributed by atoms with Gasteiger partial charge in [0.15, 0.2) is 0 Å². The Balaban J connectivity index is 1.70. The molecule has 3 heterocycles. The number of fused-ring (bicyclic) bond motifs is 1. The van der Waals surface area contributed by atoms with Crippen LogP contribution in [0.15, 0.2) is 30.3 Å². The summed E-state index contributed by atoms with van der Waals surface area (Å²) in [4.78, 5) is 12.6. The lowest BCUT2D eigenvalue weighted by Gasteiger charge is -2.33. The Labute approximate surface area is 150 Å². The fraction of sp³-hybridized carbons (Fsp3) is 0.524. The van der Waals surface area contributed by atoms with Crippen molar-refractivity contribution >= 4 is 5.82 Å². The van der Waals surface area contributed by atoms with Gasteiger partial charge in [0.05, 0.1) is 5.69 Å². The molecule has 2 aromatic rings. The maximum absolute atomic E-state index is 5.07. The van der Waals surface area contributed by atoms with Gasteiger partial charge >= 0.3 is 0 Å². The number of hydrogen-bond acceptors (Lipinski definition) is 4. The van der Waals surface area contributed by atoms with Gasteiger partial charge in [-0.2, -0.15) is 0 Å². The van der Waals surface area contributed by atoms with Crippen molar-refractivity contribution in [3.8, 4) is 0 Å². The van der Waals surface area contributed by atoms with Crippen molar-refractivity contribution < 1.29 is 0 Å². The first-order valence-corrected chi connectivity index (χ1v) is 9.68. The molecule has 132 valence electrons. The van der Waals surface area contributed by atoms with E-state index >= 15 is 0 Å². The van der Waals surface area contributed by atoms with Crippen LogP contribution in [0.5, 0.6) is 0 Å². The molecule has 1 aromatic heterocycles. The highest BCUT2D eigenvalue weighted by atomic mass is 15.2. The van der Waals surface area contributed by atoms with E-state index in [9.17, 15) is 0 Å². The van der Waals surface area contributed by atoms with Crippen LogP contribution in [0.2, 0.25) is 0 Å². The Morgan fingerprint density at radius 3 is 2.80 bits per heavy atom. The summed E-state index contributed by atoms with van der Waals surface area (Å²) >= 11 is 0. The third kappa shape index (κ3) is 3.84. The molecular formula is C21H28N4. The molecule has 0 saturated carbocycles. The molecule has 4 heteroatoms. The van der Waals surface area contributed by atoms with Crippen molar-refractivity contribution in [2.75, 3.05) is 31.1 Å². The van der Waals surface area contributed by atoms with E-state index in [1.165, 1.54) is 35.5 Å². The number of nitrogens with one attached hydrogen (secondary N) is 1. The highest BCUT2D eigenvalue weighted by molar-refractivity contribution is 5.51. The number of benzene rings is 1. The first kappa shape index (κ1) is 16.5. The van der Waals surface area contributed by atoms with Crippen molar-refractivity contribution in [1.29, 1.82) is 0 Å². The predicted octanol–water partition coefficient (Wildman–Crippen LogP) is 2.99. The van der Waals surface area contributed by atoms with Crippen LogP contribution in [0, 0.1) is 5.92 Å². The van der Waals surface area contributed by atoms with E-state index < -0.39 is 0 Å². The van der Waals surface area contributed by atoms with Gasteiger partial charge in [0.2, 0.25) is 0 Å². The molecule has 1 N–H and O–H groups in total. The molecular weight excluding hydrogens is 308 g/mol. The molecule has 1 atom stereocenters. The van der Waals surface area contributed by atoms with E-state index in [0.717, 1.165) is 57.2 Å². The van der Waals surface area contributed by atoms with Crippen LogP contribution in [0.25, 0.3) is 0 Å². The zero-order valence-electron chi connectivity index (χ0n) is 15.2. The van der Waals surface area contributed by atoms with Crippen LogP contribution in [0.4, 0.5) is 5.82 Å². The molecule has 1 saturated heterocycles. The monoisotopic (exact) mass is 336 g/mol. The summed E-state index contributed by atoms with van der Waals surface area (Å²) in [6, 6.07) is 10.6. The third-order valence-corrected chi connectivity index (χ3v) is 5.37. The zero-order chi connectivity index (χ0) is 17.1. The van der Waals surface area contributed by atoms with Crippen molar-refractivity contribution in [3.05, 3.63) is 53.0 Å². The summed E-state index contributed by atoms with van der Waals surface area (Å²) in [5.41, 5.74) is 3.93. The van der Waals surface area contributed by atoms with Gasteiger partial charge in [-0.3, -0.25) is 0 Å². The van der Waals surface area contributed by atoms with Gasteiger partial charge in [0.1, 0.15) is 11.6 Å². The average molecular weight is 336 g/mol. The molecule has 1 aromatic carbocycles. The molecule has 2 aliphatic rings. The minimum atomic E-state index is 0.751. The van der Waals surface area contributed by atoms with E-state index in [-0.39, 0.29) is 0 Å². The van der Waals surface area contributed by atoms with Crippen LogP contribution in [0.3, 0.4) is 0 Å². The maximum atomic E-state index is 5.07. The zero-order valence-corrected chi connectivity index (χ0v) is 15.2. The Bertz CT molecular complexity index is 713. The fourth-order valence-electron chi connectivity index (χ4n) is 4.08. The minimum Gasteiger partial charge on any atom is -0.356 e. The van der Waals surface area contributed by atoms with Crippen LogP contribution >= 0.6 is 0 Å². The van der Waals surface area contributed by atoms with Crippen LogP contribution < -0.4 is 10.2 Å². The highest BCUT2D eigenvalue weighted by Gasteiger charge is 2.24. The van der Waals surface area contributed by atoms with Gasteiger partial charge in [-0.1, -0.05) is 37.3 Å². The third-order valence-electron chi connectivity index (χ3n) is 5.37. The lowest BCUT2D eigenvalue weighted by molar-refractivity contribution is 0.443. The predicted molar refractivity (Wildman–Crippen MR) is 102 cm³/mol. The molecule has 0 radical (unpaired) electrons. The molecule has 1 unspecified atom stereocenters. The smallest absolute Gasteiger partial charge is 0.135 e. The molecule has 0 spiro atoms. The number of piperidine rings is 1. The van der Waals surface area contributed by atoms with Gasteiger partial charge in [-0.15, -0.1) is 0 Å². The first-order valence-electron chi connectivity index (χ1n) is 9.68. The van der Waals surface area contributed by atoms with Gasteiger partial charge in [-0.25, -0.2) is 9.97 Å². The van der Waals surface area contributed by atoms with E-state index in [1.807, 2.05) is 0 Å². The molecule has 2 aliphatic heterocycles. The second-order valence-electron chi connectivity index (χ2n) is 7.49. The normalized spacial score (nSPS) is 20.8. The Kier molecular flexibility index (Phi) is 4.97. The van der Waals surface area contributed by atoms with E-state index in [0.29, 0.717) is 0 Å². The van der Waals surface area contributed by atoms with Gasteiger partial charge in [0.25, 0.3) is 0 Å². The van der Waals surface area contributed by atoms with Gasteiger partial charge in [0, 0.05) is 38.0 Å². The summed E-state index contributed by atoms with van der Waals surface area (Å²) in [6.45, 7) is 6.67. The second kappa shape index (κ2) is 7.52. The highest BCUT2D eigenvalue weighted by Crippen LogP contribution is 2.28. The first-order chi connectivity index (χ1) is 12.3. The Morgan fingerprint density at radius 1 is 1.12 bits per heavy atom. The van der Waals surface area contributed by atoms with Crippen LogP contribution in [0.1, 0.15) is 42.4 Å². The quantitative estimate of drug-likeness (QED) is 0.935. The fourth-order valence-corrected chi connectivity index (χ4v) is 4.08. The summed E-state index contributed by atoms with van der Waals surface area (Å²) in [5.74, 6) is 2.94. The van der Waals surface area contributed by atoms with Crippen molar-refractivity contribution in [2.24, 2.45) is 5.92 Å². The number of rotatable bonds is 3. The standard InChI is InChI=1S/C21H28N4/c1-16-6-5-13-25(15-16)21-18-9-11-22-12-10-19(18)23-20(24-21)14-17-7-3-2-4-8-17/h2-4,7-8,16,22H,5-6,9-15H2,1H3. The minimum absolute atomic E-state index is 0.751. The molecule has 25 heavy (non-hydrogen) atoms. The largest absolute Gasteiger partial charge is 0.356 e. The van der Waals surface area contributed by atoms with Crippen LogP contribution in [-0.2, 0) is 19.3 Å². The SMILES string of the molecule is CC1CCCN(c2nc(Cc3ccccc3)nc3c2CCNCC3)C1. The second-order valence-corrected chi connectivity index (χ2v) is 7.49. The van der Waals surface area contributed by atoms with Gasteiger partial charge < -0.3 is 10.2 Å². The lowest BCUT2D eigenvalue weighted by Crippen LogP contribution is -2.36. The van der Waals surface area contributed by atoms with Crippen LogP contribution in [-0.4, -0.2) is 36.1 Å². The van der Waals surface area contributed by atoms with E-state index in [1.54, 1.807) is 0 Å². The summed E-state index contributed by atoms with van der Waals surface area (Å²) < 4.78 is 0. The molecule has 0 bridgehead atoms. The molecule has 4 nitrogen and oxygen atoms in total. The van der Waals surface area contributed by atoms with E-state index in [4.69, 9.17) is 9.97 Å². The lowest BCUT2D eigenvalue weighted by atomic mass is 9.99. The van der Waals surface area contributed by atoms with E-state index in [2.05, 4.69) is 47.5 Å². The number of anilines is 1. The molecule has 1 fully saturated rings.